The summed E-state index contributed by atoms with van der Waals surface area (Å²) >= 11 is 0. The molecular formula is C15H22N2O2. The van der Waals surface area contributed by atoms with Crippen LogP contribution in [0.15, 0.2) is 24.3 Å². The van der Waals surface area contributed by atoms with Crippen LogP contribution in [0.25, 0.3) is 0 Å². The largest absolute Gasteiger partial charge is 0.497 e. The number of nitrogens with one attached hydrogen (secondary N) is 1. The highest BCUT2D eigenvalue weighted by Crippen LogP contribution is 2.24. The molecule has 0 bridgehead atoms. The van der Waals surface area contributed by atoms with E-state index < -0.39 is 0 Å². The number of carbonyl (C=O) groups is 1. The fourth-order valence-corrected chi connectivity index (χ4v) is 2.35. The van der Waals surface area contributed by atoms with Gasteiger partial charge in [0.2, 0.25) is 5.91 Å². The van der Waals surface area contributed by atoms with Gasteiger partial charge in [0.15, 0.2) is 0 Å². The van der Waals surface area contributed by atoms with E-state index in [0.717, 1.165) is 37.1 Å². The average Bonchev–Trinajstić information content (AvgIpc) is 2.40. The van der Waals surface area contributed by atoms with Gasteiger partial charge in [-0.2, -0.15) is 0 Å². The quantitative estimate of drug-likeness (QED) is 0.816. The molecule has 0 saturated heterocycles. The Kier molecular flexibility index (Phi) is 4.80. The third kappa shape index (κ3) is 4.24. The number of aryl methyl sites for hydroxylation is 1. The fourth-order valence-electron chi connectivity index (χ4n) is 2.35. The Labute approximate surface area is 114 Å². The van der Waals surface area contributed by atoms with E-state index in [9.17, 15) is 4.79 Å². The lowest BCUT2D eigenvalue weighted by atomic mass is 9.81. The van der Waals surface area contributed by atoms with E-state index in [1.165, 1.54) is 0 Å². The molecule has 0 radical (unpaired) electrons. The van der Waals surface area contributed by atoms with E-state index >= 15 is 0 Å². The molecule has 4 nitrogen and oxygen atoms in total. The van der Waals surface area contributed by atoms with Crippen LogP contribution in [-0.2, 0) is 11.2 Å². The predicted octanol–water partition coefficient (Wildman–Crippen LogP) is 1.48. The summed E-state index contributed by atoms with van der Waals surface area (Å²) in [5.41, 5.74) is 6.86. The van der Waals surface area contributed by atoms with Crippen LogP contribution in [0.3, 0.4) is 0 Å². The van der Waals surface area contributed by atoms with E-state index in [1.807, 2.05) is 24.3 Å². The number of methoxy groups -OCH3 is 1. The van der Waals surface area contributed by atoms with E-state index in [1.54, 1.807) is 7.11 Å². The standard InChI is InChI=1S/C15H22N2O2/c1-19-14-5-2-11(3-6-14)4-7-15(18)17-10-12-8-13(16)9-12/h2-3,5-6,12-13H,4,7-10,16H2,1H3,(H,17,18). The fraction of sp³-hybridized carbons (Fsp3) is 0.533. The molecule has 1 saturated carbocycles. The van der Waals surface area contributed by atoms with Crippen LogP contribution in [0.1, 0.15) is 24.8 Å². The molecule has 0 atom stereocenters. The Morgan fingerprint density at radius 2 is 2.05 bits per heavy atom. The van der Waals surface area contributed by atoms with Crippen LogP contribution in [0.4, 0.5) is 0 Å². The molecule has 4 heteroatoms. The number of nitrogens with two attached hydrogens (primary N) is 1. The van der Waals surface area contributed by atoms with E-state index in [4.69, 9.17) is 10.5 Å². The molecule has 1 aliphatic rings. The number of rotatable bonds is 6. The minimum atomic E-state index is 0.122. The lowest BCUT2D eigenvalue weighted by Gasteiger charge is -2.32. The van der Waals surface area contributed by atoms with E-state index in [2.05, 4.69) is 5.32 Å². The molecule has 1 aromatic carbocycles. The molecule has 1 aromatic rings. The van der Waals surface area contributed by atoms with Crippen molar-refractivity contribution in [2.75, 3.05) is 13.7 Å². The maximum atomic E-state index is 11.7. The molecule has 1 fully saturated rings. The van der Waals surface area contributed by atoms with Gasteiger partial charge in [0.05, 0.1) is 7.11 Å². The van der Waals surface area contributed by atoms with Crippen molar-refractivity contribution in [3.05, 3.63) is 29.8 Å². The molecule has 0 heterocycles. The van der Waals surface area contributed by atoms with Crippen molar-refractivity contribution >= 4 is 5.91 Å². The van der Waals surface area contributed by atoms with Crippen molar-refractivity contribution < 1.29 is 9.53 Å². The minimum absolute atomic E-state index is 0.122. The van der Waals surface area contributed by atoms with Crippen molar-refractivity contribution in [1.29, 1.82) is 0 Å². The molecular weight excluding hydrogens is 240 g/mol. The molecule has 3 N–H and O–H groups in total. The summed E-state index contributed by atoms with van der Waals surface area (Å²) in [6.45, 7) is 0.773. The summed E-state index contributed by atoms with van der Waals surface area (Å²) in [5, 5.41) is 2.98. The second kappa shape index (κ2) is 6.57. The number of ether oxygens (including phenoxy) is 1. The molecule has 19 heavy (non-hydrogen) atoms. The van der Waals surface area contributed by atoms with Crippen molar-refractivity contribution in [3.63, 3.8) is 0 Å². The molecule has 0 unspecified atom stereocenters. The van der Waals surface area contributed by atoms with Gasteiger partial charge in [-0.3, -0.25) is 4.79 Å². The minimum Gasteiger partial charge on any atom is -0.497 e. The number of benzene rings is 1. The van der Waals surface area contributed by atoms with Gasteiger partial charge in [-0.25, -0.2) is 0 Å². The third-order valence-electron chi connectivity index (χ3n) is 3.66. The first kappa shape index (κ1) is 13.9. The van der Waals surface area contributed by atoms with Crippen LogP contribution in [0, 0.1) is 5.92 Å². The number of hydrogen-bond donors (Lipinski definition) is 2. The van der Waals surface area contributed by atoms with Crippen LogP contribution >= 0.6 is 0 Å². The Balaban J connectivity index is 1.65. The lowest BCUT2D eigenvalue weighted by molar-refractivity contribution is -0.121. The molecule has 1 amide bonds. The molecule has 0 aliphatic heterocycles. The predicted molar refractivity (Wildman–Crippen MR) is 75.0 cm³/mol. The molecule has 2 rings (SSSR count). The van der Waals surface area contributed by atoms with Gasteiger partial charge in [0.1, 0.15) is 5.75 Å². The number of carbonyl (C=O) groups excluding carboxylic acids is 1. The second-order valence-electron chi connectivity index (χ2n) is 5.25. The normalized spacial score (nSPS) is 21.6. The summed E-state index contributed by atoms with van der Waals surface area (Å²) in [5.74, 6) is 1.55. The summed E-state index contributed by atoms with van der Waals surface area (Å²) in [6, 6.07) is 8.18. The van der Waals surface area contributed by atoms with Crippen LogP contribution in [-0.4, -0.2) is 25.6 Å². The summed E-state index contributed by atoms with van der Waals surface area (Å²) in [7, 11) is 1.65. The summed E-state index contributed by atoms with van der Waals surface area (Å²) < 4.78 is 5.10. The zero-order valence-electron chi connectivity index (χ0n) is 11.4. The third-order valence-corrected chi connectivity index (χ3v) is 3.66. The first-order valence-corrected chi connectivity index (χ1v) is 6.82. The van der Waals surface area contributed by atoms with Gasteiger partial charge < -0.3 is 15.8 Å². The summed E-state index contributed by atoms with van der Waals surface area (Å²) in [6.07, 6.45) is 3.38. The lowest BCUT2D eigenvalue weighted by Crippen LogP contribution is -2.42. The topological polar surface area (TPSA) is 64.3 Å². The summed E-state index contributed by atoms with van der Waals surface area (Å²) in [4.78, 5) is 11.7. The Hall–Kier alpha value is -1.55. The SMILES string of the molecule is COc1ccc(CCC(=O)NCC2CC(N)C2)cc1. The highest BCUT2D eigenvalue weighted by atomic mass is 16.5. The smallest absolute Gasteiger partial charge is 0.220 e. The van der Waals surface area contributed by atoms with Crippen molar-refractivity contribution in [2.45, 2.75) is 31.7 Å². The zero-order valence-corrected chi connectivity index (χ0v) is 11.4. The van der Waals surface area contributed by atoms with E-state index in [0.29, 0.717) is 18.4 Å². The first-order chi connectivity index (χ1) is 9.17. The van der Waals surface area contributed by atoms with Gasteiger partial charge in [-0.15, -0.1) is 0 Å². The molecule has 1 aliphatic carbocycles. The highest BCUT2D eigenvalue weighted by Gasteiger charge is 2.25. The monoisotopic (exact) mass is 262 g/mol. The van der Waals surface area contributed by atoms with Gasteiger partial charge in [-0.1, -0.05) is 12.1 Å². The Bertz CT molecular complexity index is 411. The van der Waals surface area contributed by atoms with Crippen molar-refractivity contribution in [3.8, 4) is 5.75 Å². The average molecular weight is 262 g/mol. The van der Waals surface area contributed by atoms with Crippen LogP contribution < -0.4 is 15.8 Å². The molecule has 0 aromatic heterocycles. The Morgan fingerprint density at radius 3 is 2.63 bits per heavy atom. The van der Waals surface area contributed by atoms with Crippen molar-refractivity contribution in [1.82, 2.24) is 5.32 Å². The number of hydrogen-bond acceptors (Lipinski definition) is 3. The first-order valence-electron chi connectivity index (χ1n) is 6.82. The Morgan fingerprint density at radius 1 is 1.37 bits per heavy atom. The number of amides is 1. The van der Waals surface area contributed by atoms with Gasteiger partial charge in [0.25, 0.3) is 0 Å². The highest BCUT2D eigenvalue weighted by molar-refractivity contribution is 5.76. The van der Waals surface area contributed by atoms with E-state index in [-0.39, 0.29) is 5.91 Å². The van der Waals surface area contributed by atoms with Gasteiger partial charge in [0, 0.05) is 19.0 Å². The maximum Gasteiger partial charge on any atom is 0.220 e. The maximum absolute atomic E-state index is 11.7. The van der Waals surface area contributed by atoms with Crippen LogP contribution in [0.5, 0.6) is 5.75 Å². The second-order valence-corrected chi connectivity index (χ2v) is 5.25. The van der Waals surface area contributed by atoms with Crippen molar-refractivity contribution in [2.24, 2.45) is 11.7 Å². The van der Waals surface area contributed by atoms with Gasteiger partial charge in [-0.05, 0) is 42.9 Å². The molecule has 0 spiro atoms. The van der Waals surface area contributed by atoms with Gasteiger partial charge >= 0.3 is 0 Å². The zero-order chi connectivity index (χ0) is 13.7. The molecule has 104 valence electrons. The van der Waals surface area contributed by atoms with Crippen LogP contribution in [0.2, 0.25) is 0 Å².